The number of furan rings is 1. The van der Waals surface area contributed by atoms with E-state index in [9.17, 15) is 0 Å². The molecule has 1 aliphatic heterocycles. The van der Waals surface area contributed by atoms with Gasteiger partial charge in [0, 0.05) is 45.0 Å². The van der Waals surface area contributed by atoms with Gasteiger partial charge in [0.1, 0.15) is 23.0 Å². The first kappa shape index (κ1) is 30.5. The molecule has 7 aromatic carbocycles. The Balaban J connectivity index is 1.15. The van der Waals surface area contributed by atoms with E-state index in [0.29, 0.717) is 17.5 Å². The van der Waals surface area contributed by atoms with Gasteiger partial charge in [-0.25, -0.2) is 15.0 Å². The quantitative estimate of drug-likeness (QED) is 0.180. The number of ether oxygens (including phenoxy) is 1. The van der Waals surface area contributed by atoms with Gasteiger partial charge in [-0.1, -0.05) is 133 Å². The first-order chi connectivity index (χ1) is 26.7. The molecule has 0 amide bonds. The molecule has 0 N–H and O–H groups in total. The highest BCUT2D eigenvalue weighted by atomic mass is 16.5. The lowest BCUT2D eigenvalue weighted by atomic mass is 9.86. The van der Waals surface area contributed by atoms with Crippen LogP contribution in [0.25, 0.3) is 89.1 Å². The van der Waals surface area contributed by atoms with Crippen molar-refractivity contribution >= 4 is 43.9 Å². The number of fused-ring (bicyclic) bond motifs is 7. The van der Waals surface area contributed by atoms with Gasteiger partial charge in [-0.3, -0.25) is 0 Å². The average molecular weight is 694 g/mol. The van der Waals surface area contributed by atoms with Crippen LogP contribution in [0.5, 0.6) is 5.75 Å². The second kappa shape index (κ2) is 12.2. The van der Waals surface area contributed by atoms with Gasteiger partial charge in [0.05, 0.1) is 0 Å². The van der Waals surface area contributed by atoms with Crippen molar-refractivity contribution in [1.82, 2.24) is 15.0 Å². The Labute approximate surface area is 311 Å². The van der Waals surface area contributed by atoms with Crippen molar-refractivity contribution in [2.45, 2.75) is 12.5 Å². The lowest BCUT2D eigenvalue weighted by Gasteiger charge is -2.19. The largest absolute Gasteiger partial charge is 0.485 e. The zero-order chi connectivity index (χ0) is 35.6. The summed E-state index contributed by atoms with van der Waals surface area (Å²) in [6, 6.07) is 54.5. The van der Waals surface area contributed by atoms with Crippen LogP contribution in [0.2, 0.25) is 0 Å². The second-order valence-corrected chi connectivity index (χ2v) is 13.9. The molecule has 1 atom stereocenters. The Hall–Kier alpha value is -7.11. The highest BCUT2D eigenvalue weighted by Gasteiger charge is 2.32. The van der Waals surface area contributed by atoms with Gasteiger partial charge < -0.3 is 9.15 Å². The SMILES string of the molecule is C1=CC(c2cc(-c3nc(-c4ccccc4)nc(-c4ccc5ccc(-c6ccccc6)cc5c4)n3)c3c(c2)oc2ccccc23)=C2c3ccccc3OC2C1. The summed E-state index contributed by atoms with van der Waals surface area (Å²) in [5.74, 6) is 2.72. The van der Waals surface area contributed by atoms with Gasteiger partial charge in [-0.15, -0.1) is 0 Å². The maximum Gasteiger partial charge on any atom is 0.164 e. The summed E-state index contributed by atoms with van der Waals surface area (Å²) < 4.78 is 13.0. The molecule has 54 heavy (non-hydrogen) atoms. The van der Waals surface area contributed by atoms with Crippen molar-refractivity contribution in [2.24, 2.45) is 0 Å². The molecule has 0 spiro atoms. The van der Waals surface area contributed by atoms with Crippen LogP contribution in [-0.2, 0) is 0 Å². The van der Waals surface area contributed by atoms with E-state index >= 15 is 0 Å². The first-order valence-corrected chi connectivity index (χ1v) is 18.3. The van der Waals surface area contributed by atoms with Gasteiger partial charge in [0.15, 0.2) is 17.5 Å². The van der Waals surface area contributed by atoms with Crippen molar-refractivity contribution < 1.29 is 9.15 Å². The van der Waals surface area contributed by atoms with Crippen molar-refractivity contribution in [1.29, 1.82) is 0 Å². The molecule has 0 saturated carbocycles. The predicted octanol–water partition coefficient (Wildman–Crippen LogP) is 12.2. The third kappa shape index (κ3) is 5.05. The normalized spacial score (nSPS) is 14.8. The Bertz CT molecular complexity index is 3000. The van der Waals surface area contributed by atoms with Crippen molar-refractivity contribution in [3.8, 4) is 51.0 Å². The molecular weight excluding hydrogens is 663 g/mol. The van der Waals surface area contributed by atoms with E-state index in [1.807, 2.05) is 60.7 Å². The third-order valence-electron chi connectivity index (χ3n) is 10.6. The summed E-state index contributed by atoms with van der Waals surface area (Å²) in [5, 5.41) is 4.26. The van der Waals surface area contributed by atoms with Crippen LogP contribution in [0.1, 0.15) is 17.5 Å². The Morgan fingerprint density at radius 1 is 0.481 bits per heavy atom. The van der Waals surface area contributed by atoms with Crippen molar-refractivity contribution in [2.75, 3.05) is 0 Å². The molecule has 2 aliphatic rings. The Morgan fingerprint density at radius 2 is 1.17 bits per heavy atom. The number of benzene rings is 7. The van der Waals surface area contributed by atoms with Gasteiger partial charge in [0.2, 0.25) is 0 Å². The van der Waals surface area contributed by atoms with Crippen LogP contribution in [0.15, 0.2) is 174 Å². The van der Waals surface area contributed by atoms with Crippen LogP contribution >= 0.6 is 0 Å². The van der Waals surface area contributed by atoms with E-state index in [0.717, 1.165) is 83.8 Å². The molecule has 9 aromatic rings. The molecule has 0 fully saturated rings. The number of nitrogens with zero attached hydrogens (tertiary/aromatic N) is 3. The second-order valence-electron chi connectivity index (χ2n) is 13.9. The Kier molecular flexibility index (Phi) is 6.92. The van der Waals surface area contributed by atoms with Gasteiger partial charge >= 0.3 is 0 Å². The average Bonchev–Trinajstić information content (AvgIpc) is 3.82. The highest BCUT2D eigenvalue weighted by molar-refractivity contribution is 6.14. The molecule has 11 rings (SSSR count). The molecule has 3 heterocycles. The van der Waals surface area contributed by atoms with E-state index in [1.165, 1.54) is 11.1 Å². The maximum atomic E-state index is 6.60. The molecule has 0 bridgehead atoms. The minimum Gasteiger partial charge on any atom is -0.485 e. The molecule has 1 aliphatic carbocycles. The molecular formula is C49H31N3O2. The lowest BCUT2D eigenvalue weighted by Crippen LogP contribution is -2.14. The summed E-state index contributed by atoms with van der Waals surface area (Å²) in [7, 11) is 0. The van der Waals surface area contributed by atoms with Gasteiger partial charge in [0.25, 0.3) is 0 Å². The van der Waals surface area contributed by atoms with Crippen LogP contribution < -0.4 is 4.74 Å². The number of hydrogen-bond acceptors (Lipinski definition) is 5. The summed E-state index contributed by atoms with van der Waals surface area (Å²) >= 11 is 0. The zero-order valence-electron chi connectivity index (χ0n) is 29.1. The molecule has 0 radical (unpaired) electrons. The molecule has 2 aromatic heterocycles. The number of rotatable bonds is 5. The van der Waals surface area contributed by atoms with Crippen LogP contribution in [0, 0.1) is 0 Å². The fourth-order valence-corrected chi connectivity index (χ4v) is 8.04. The number of allylic oxidation sites excluding steroid dienone is 2. The Morgan fingerprint density at radius 3 is 2.02 bits per heavy atom. The summed E-state index contributed by atoms with van der Waals surface area (Å²) in [4.78, 5) is 15.6. The van der Waals surface area contributed by atoms with Gasteiger partial charge in [-0.05, 0) is 69.4 Å². The standard InChI is InChI=1S/C49H31N3O2/c1-3-12-30(13-4-1)33-24-22-31-23-25-34(27-35(31)26-33)48-50-47(32-14-5-2-6-15-32)51-49(52-48)40-28-36(29-44-46(40)39-17-8-10-20-42(39)54-44)37-18-11-21-43-45(37)38-16-7-9-19-41(38)53-43/h1-20,22-29,43H,21H2. The highest BCUT2D eigenvalue weighted by Crippen LogP contribution is 2.47. The fraction of sp³-hybridized carbons (Fsp3) is 0.0408. The molecule has 1 unspecified atom stereocenters. The van der Waals surface area contributed by atoms with Crippen LogP contribution in [0.4, 0.5) is 0 Å². The topological polar surface area (TPSA) is 61.0 Å². The van der Waals surface area contributed by atoms with E-state index < -0.39 is 0 Å². The van der Waals surface area contributed by atoms with Gasteiger partial charge in [-0.2, -0.15) is 0 Å². The third-order valence-corrected chi connectivity index (χ3v) is 10.6. The minimum absolute atomic E-state index is 0.0407. The van der Waals surface area contributed by atoms with E-state index in [2.05, 4.69) is 109 Å². The maximum absolute atomic E-state index is 6.60. The van der Waals surface area contributed by atoms with E-state index in [-0.39, 0.29) is 6.10 Å². The molecule has 5 heteroatoms. The van der Waals surface area contributed by atoms with E-state index in [1.54, 1.807) is 0 Å². The van der Waals surface area contributed by atoms with Crippen molar-refractivity contribution in [3.05, 3.63) is 181 Å². The molecule has 0 saturated heterocycles. The zero-order valence-corrected chi connectivity index (χ0v) is 29.1. The smallest absolute Gasteiger partial charge is 0.164 e. The lowest BCUT2D eigenvalue weighted by molar-refractivity contribution is 0.279. The number of aromatic nitrogens is 3. The molecule has 5 nitrogen and oxygen atoms in total. The summed E-state index contributed by atoms with van der Waals surface area (Å²) in [6.07, 6.45) is 5.21. The summed E-state index contributed by atoms with van der Waals surface area (Å²) in [6.45, 7) is 0. The minimum atomic E-state index is -0.0407. The van der Waals surface area contributed by atoms with Crippen molar-refractivity contribution in [3.63, 3.8) is 0 Å². The molecule has 254 valence electrons. The monoisotopic (exact) mass is 693 g/mol. The number of hydrogen-bond donors (Lipinski definition) is 0. The van der Waals surface area contributed by atoms with Crippen LogP contribution in [-0.4, -0.2) is 21.1 Å². The van der Waals surface area contributed by atoms with E-state index in [4.69, 9.17) is 24.1 Å². The van der Waals surface area contributed by atoms with Crippen LogP contribution in [0.3, 0.4) is 0 Å². The fourth-order valence-electron chi connectivity index (χ4n) is 8.04. The number of para-hydroxylation sites is 2. The first-order valence-electron chi connectivity index (χ1n) is 18.3. The predicted molar refractivity (Wildman–Crippen MR) is 218 cm³/mol. The summed E-state index contributed by atoms with van der Waals surface area (Å²) in [5.41, 5.74) is 11.1.